The molecule has 20 heavy (non-hydrogen) atoms. The van der Waals surface area contributed by atoms with Crippen molar-refractivity contribution in [1.29, 1.82) is 0 Å². The average molecular weight is 329 g/mol. The molecule has 0 aliphatic heterocycles. The van der Waals surface area contributed by atoms with Crippen LogP contribution in [0, 0.1) is 0 Å². The summed E-state index contributed by atoms with van der Waals surface area (Å²) in [5.41, 5.74) is 3.71. The minimum Gasteiger partial charge on any atom is -0.357 e. The molecule has 1 heterocycles. The Bertz CT molecular complexity index is 667. The molecule has 0 aliphatic rings. The number of para-hydroxylation sites is 1. The van der Waals surface area contributed by atoms with Crippen LogP contribution >= 0.6 is 15.9 Å². The van der Waals surface area contributed by atoms with Gasteiger partial charge in [0.25, 0.3) is 0 Å². The highest BCUT2D eigenvalue weighted by molar-refractivity contribution is 9.10. The number of H-pyrrole nitrogens is 1. The maximum Gasteiger partial charge on any atom is 0.0456 e. The monoisotopic (exact) mass is 328 g/mol. The lowest BCUT2D eigenvalue weighted by Crippen LogP contribution is -2.18. The summed E-state index contributed by atoms with van der Waals surface area (Å²) < 4.78 is 1.11. The zero-order valence-electron chi connectivity index (χ0n) is 11.4. The molecule has 0 aliphatic carbocycles. The van der Waals surface area contributed by atoms with Crippen LogP contribution in [0.15, 0.2) is 59.1 Å². The lowest BCUT2D eigenvalue weighted by Gasteiger charge is -2.13. The number of hydrogen-bond acceptors (Lipinski definition) is 1. The zero-order chi connectivity index (χ0) is 13.9. The van der Waals surface area contributed by atoms with Gasteiger partial charge in [0, 0.05) is 28.3 Å². The van der Waals surface area contributed by atoms with Gasteiger partial charge in [-0.1, -0.05) is 46.3 Å². The maximum absolute atomic E-state index is 3.55. The van der Waals surface area contributed by atoms with Crippen molar-refractivity contribution in [2.24, 2.45) is 0 Å². The first kappa shape index (κ1) is 13.4. The van der Waals surface area contributed by atoms with Crippen LogP contribution in [0.5, 0.6) is 0 Å². The second-order valence-corrected chi connectivity index (χ2v) is 5.95. The maximum atomic E-state index is 3.55. The van der Waals surface area contributed by atoms with Gasteiger partial charge < -0.3 is 10.3 Å². The van der Waals surface area contributed by atoms with Crippen molar-refractivity contribution in [1.82, 2.24) is 10.3 Å². The lowest BCUT2D eigenvalue weighted by atomic mass is 10.1. The second kappa shape index (κ2) is 5.81. The van der Waals surface area contributed by atoms with Crippen LogP contribution in [0.1, 0.15) is 24.2 Å². The first-order valence-corrected chi connectivity index (χ1v) is 7.57. The third kappa shape index (κ3) is 2.94. The first-order chi connectivity index (χ1) is 9.72. The highest BCUT2D eigenvalue weighted by Gasteiger charge is 2.06. The summed E-state index contributed by atoms with van der Waals surface area (Å²) in [4.78, 5) is 3.44. The van der Waals surface area contributed by atoms with Gasteiger partial charge in [-0.3, -0.25) is 0 Å². The van der Waals surface area contributed by atoms with Gasteiger partial charge in [-0.15, -0.1) is 0 Å². The van der Waals surface area contributed by atoms with E-state index in [1.165, 1.54) is 22.2 Å². The summed E-state index contributed by atoms with van der Waals surface area (Å²) in [6.07, 6.45) is 0. The molecule has 0 amide bonds. The molecule has 0 saturated heterocycles. The van der Waals surface area contributed by atoms with Crippen LogP contribution in [0.25, 0.3) is 10.9 Å². The minimum absolute atomic E-state index is 0.328. The van der Waals surface area contributed by atoms with Gasteiger partial charge in [0.05, 0.1) is 0 Å². The molecular formula is C17H17BrN2. The van der Waals surface area contributed by atoms with Gasteiger partial charge >= 0.3 is 0 Å². The van der Waals surface area contributed by atoms with E-state index in [1.54, 1.807) is 0 Å². The van der Waals surface area contributed by atoms with Gasteiger partial charge in [-0.25, -0.2) is 0 Å². The Balaban J connectivity index is 1.68. The average Bonchev–Trinajstić information content (AvgIpc) is 2.88. The quantitative estimate of drug-likeness (QED) is 0.708. The van der Waals surface area contributed by atoms with Crippen LogP contribution in [0.3, 0.4) is 0 Å². The van der Waals surface area contributed by atoms with Crippen LogP contribution in [0.4, 0.5) is 0 Å². The predicted octanol–water partition coefficient (Wildman–Crippen LogP) is 4.78. The Kier molecular flexibility index (Phi) is 3.90. The molecule has 1 unspecified atom stereocenters. The fourth-order valence-electron chi connectivity index (χ4n) is 2.36. The molecule has 102 valence electrons. The van der Waals surface area contributed by atoms with Gasteiger partial charge in [-0.2, -0.15) is 0 Å². The van der Waals surface area contributed by atoms with E-state index in [-0.39, 0.29) is 0 Å². The second-order valence-electron chi connectivity index (χ2n) is 5.04. The van der Waals surface area contributed by atoms with Crippen molar-refractivity contribution in [3.8, 4) is 0 Å². The molecule has 0 bridgehead atoms. The molecule has 0 spiro atoms. The number of aromatic amines is 1. The highest BCUT2D eigenvalue weighted by atomic mass is 79.9. The number of halogens is 1. The largest absolute Gasteiger partial charge is 0.357 e. The number of nitrogens with one attached hydrogen (secondary N) is 2. The van der Waals surface area contributed by atoms with Gasteiger partial charge in [0.1, 0.15) is 0 Å². The molecule has 0 radical (unpaired) electrons. The first-order valence-electron chi connectivity index (χ1n) is 6.78. The Hall–Kier alpha value is -1.58. The third-order valence-electron chi connectivity index (χ3n) is 3.55. The Morgan fingerprint density at radius 2 is 1.85 bits per heavy atom. The predicted molar refractivity (Wildman–Crippen MR) is 87.7 cm³/mol. The number of hydrogen-bond donors (Lipinski definition) is 2. The van der Waals surface area contributed by atoms with E-state index in [2.05, 4.69) is 87.8 Å². The molecule has 3 rings (SSSR count). The normalized spacial score (nSPS) is 12.7. The van der Waals surface area contributed by atoms with Crippen LogP contribution in [-0.4, -0.2) is 4.98 Å². The van der Waals surface area contributed by atoms with Crippen molar-refractivity contribution < 1.29 is 0 Å². The summed E-state index contributed by atoms with van der Waals surface area (Å²) in [5.74, 6) is 0. The Morgan fingerprint density at radius 1 is 1.10 bits per heavy atom. The molecule has 3 heteroatoms. The van der Waals surface area contributed by atoms with Crippen molar-refractivity contribution in [2.45, 2.75) is 19.5 Å². The molecular weight excluding hydrogens is 312 g/mol. The van der Waals surface area contributed by atoms with Crippen LogP contribution in [0.2, 0.25) is 0 Å². The SMILES string of the molecule is CC(NCc1cc2ccccc2[nH]1)c1ccc(Br)cc1. The van der Waals surface area contributed by atoms with E-state index in [9.17, 15) is 0 Å². The number of rotatable bonds is 4. The van der Waals surface area contributed by atoms with Crippen molar-refractivity contribution >= 4 is 26.8 Å². The lowest BCUT2D eigenvalue weighted by molar-refractivity contribution is 0.569. The summed E-state index contributed by atoms with van der Waals surface area (Å²) >= 11 is 3.46. The molecule has 2 nitrogen and oxygen atoms in total. The van der Waals surface area contributed by atoms with Gasteiger partial charge in [0.15, 0.2) is 0 Å². The van der Waals surface area contributed by atoms with Crippen LogP contribution < -0.4 is 5.32 Å². The topological polar surface area (TPSA) is 27.8 Å². The van der Waals surface area contributed by atoms with E-state index in [0.29, 0.717) is 6.04 Å². The fourth-order valence-corrected chi connectivity index (χ4v) is 2.63. The number of fused-ring (bicyclic) bond motifs is 1. The standard InChI is InChI=1S/C17H17BrN2/c1-12(13-6-8-15(18)9-7-13)19-11-16-10-14-4-2-3-5-17(14)20-16/h2-10,12,19-20H,11H2,1H3. The summed E-state index contributed by atoms with van der Waals surface area (Å²) in [6, 6.07) is 19.3. The zero-order valence-corrected chi connectivity index (χ0v) is 12.9. The molecule has 1 aromatic heterocycles. The number of benzene rings is 2. The molecule has 0 fully saturated rings. The van der Waals surface area contributed by atoms with E-state index in [4.69, 9.17) is 0 Å². The third-order valence-corrected chi connectivity index (χ3v) is 4.08. The van der Waals surface area contributed by atoms with E-state index in [0.717, 1.165) is 11.0 Å². The van der Waals surface area contributed by atoms with Crippen molar-refractivity contribution in [3.05, 3.63) is 70.3 Å². The van der Waals surface area contributed by atoms with Gasteiger partial charge in [0.2, 0.25) is 0 Å². The van der Waals surface area contributed by atoms with E-state index in [1.807, 2.05) is 0 Å². The summed E-state index contributed by atoms with van der Waals surface area (Å²) in [6.45, 7) is 3.03. The highest BCUT2D eigenvalue weighted by Crippen LogP contribution is 2.18. The van der Waals surface area contributed by atoms with E-state index < -0.39 is 0 Å². The Labute approximate surface area is 127 Å². The smallest absolute Gasteiger partial charge is 0.0456 e. The van der Waals surface area contributed by atoms with Crippen LogP contribution in [-0.2, 0) is 6.54 Å². The minimum atomic E-state index is 0.328. The molecule has 1 atom stereocenters. The molecule has 3 aromatic rings. The number of aromatic nitrogens is 1. The van der Waals surface area contributed by atoms with E-state index >= 15 is 0 Å². The van der Waals surface area contributed by atoms with Crippen molar-refractivity contribution in [2.75, 3.05) is 0 Å². The van der Waals surface area contributed by atoms with Gasteiger partial charge in [-0.05, 0) is 42.1 Å². The van der Waals surface area contributed by atoms with Crippen molar-refractivity contribution in [3.63, 3.8) is 0 Å². The molecule has 0 saturated carbocycles. The summed E-state index contributed by atoms with van der Waals surface area (Å²) in [7, 11) is 0. The summed E-state index contributed by atoms with van der Waals surface area (Å²) in [5, 5.41) is 4.81. The fraction of sp³-hybridized carbons (Fsp3) is 0.176. The molecule has 2 aromatic carbocycles. The Morgan fingerprint density at radius 3 is 2.60 bits per heavy atom. The molecule has 2 N–H and O–H groups in total.